The van der Waals surface area contributed by atoms with Gasteiger partial charge >= 0.3 is 0 Å². The third-order valence-electron chi connectivity index (χ3n) is 3.91. The third-order valence-corrected chi connectivity index (χ3v) is 6.45. The van der Waals surface area contributed by atoms with Gasteiger partial charge in [0.25, 0.3) is 5.91 Å². The molecule has 1 aromatic carbocycles. The highest BCUT2D eigenvalue weighted by Crippen LogP contribution is 2.24. The monoisotopic (exact) mass is 350 g/mol. The number of rotatable bonds is 6. The molecule has 0 radical (unpaired) electrons. The van der Waals surface area contributed by atoms with Crippen LogP contribution in [0.1, 0.15) is 35.1 Å². The van der Waals surface area contributed by atoms with Crippen molar-refractivity contribution in [3.8, 4) is 0 Å². The number of aromatic nitrogens is 1. The molecule has 4 nitrogen and oxygen atoms in total. The molecular formula is C17H22N2O2S2. The first kappa shape index (κ1) is 16.7. The molecule has 2 heterocycles. The van der Waals surface area contributed by atoms with E-state index in [2.05, 4.69) is 17.2 Å². The maximum atomic E-state index is 12.3. The van der Waals surface area contributed by atoms with E-state index in [1.165, 1.54) is 0 Å². The molecule has 23 heavy (non-hydrogen) atoms. The van der Waals surface area contributed by atoms with Gasteiger partial charge in [-0.05, 0) is 37.5 Å². The molecule has 0 atom stereocenters. The van der Waals surface area contributed by atoms with E-state index in [4.69, 9.17) is 4.74 Å². The van der Waals surface area contributed by atoms with E-state index in [-0.39, 0.29) is 5.91 Å². The van der Waals surface area contributed by atoms with Crippen LogP contribution in [-0.4, -0.2) is 41.7 Å². The lowest BCUT2D eigenvalue weighted by Crippen LogP contribution is -2.27. The molecule has 124 valence electrons. The van der Waals surface area contributed by atoms with Crippen LogP contribution < -0.4 is 5.32 Å². The van der Waals surface area contributed by atoms with Gasteiger partial charge in [-0.2, -0.15) is 11.8 Å². The van der Waals surface area contributed by atoms with Gasteiger partial charge in [0, 0.05) is 36.3 Å². The molecule has 2 aromatic rings. The Kier molecular flexibility index (Phi) is 5.91. The summed E-state index contributed by atoms with van der Waals surface area (Å²) in [6, 6.07) is 5.76. The number of thioether (sulfide) groups is 1. The number of amides is 1. The van der Waals surface area contributed by atoms with Gasteiger partial charge in [0.15, 0.2) is 0 Å². The minimum absolute atomic E-state index is 0.00549. The summed E-state index contributed by atoms with van der Waals surface area (Å²) in [5.41, 5.74) is 1.71. The summed E-state index contributed by atoms with van der Waals surface area (Å²) in [6.45, 7) is 4.56. The third kappa shape index (κ3) is 4.46. The maximum Gasteiger partial charge on any atom is 0.251 e. The van der Waals surface area contributed by atoms with Crippen LogP contribution in [0.4, 0.5) is 0 Å². The van der Waals surface area contributed by atoms with Crippen LogP contribution in [-0.2, 0) is 11.2 Å². The molecule has 1 aliphatic rings. The van der Waals surface area contributed by atoms with Crippen molar-refractivity contribution in [2.45, 2.75) is 31.4 Å². The molecular weight excluding hydrogens is 328 g/mol. The molecule has 1 aliphatic heterocycles. The number of nitrogens with one attached hydrogen (secondary N) is 1. The van der Waals surface area contributed by atoms with Crippen LogP contribution in [0.3, 0.4) is 0 Å². The number of thiazole rings is 1. The van der Waals surface area contributed by atoms with Crippen molar-refractivity contribution in [2.75, 3.05) is 25.5 Å². The number of carbonyl (C=O) groups is 1. The molecule has 0 unspecified atom stereocenters. The molecule has 1 aromatic heterocycles. The lowest BCUT2D eigenvalue weighted by Gasteiger charge is -2.21. The van der Waals surface area contributed by atoms with Crippen molar-refractivity contribution in [1.29, 1.82) is 0 Å². The summed E-state index contributed by atoms with van der Waals surface area (Å²) in [6.07, 6.45) is 3.19. The summed E-state index contributed by atoms with van der Waals surface area (Å²) in [7, 11) is 0. The summed E-state index contributed by atoms with van der Waals surface area (Å²) in [4.78, 5) is 16.8. The van der Waals surface area contributed by atoms with Gasteiger partial charge in [-0.15, -0.1) is 11.3 Å². The van der Waals surface area contributed by atoms with E-state index in [0.717, 1.165) is 59.0 Å². The van der Waals surface area contributed by atoms with Crippen LogP contribution in [0.15, 0.2) is 18.2 Å². The number of benzene rings is 1. The van der Waals surface area contributed by atoms with Gasteiger partial charge in [-0.25, -0.2) is 4.98 Å². The van der Waals surface area contributed by atoms with Gasteiger partial charge in [-0.1, -0.05) is 6.92 Å². The summed E-state index contributed by atoms with van der Waals surface area (Å²) < 4.78 is 6.45. The second-order valence-corrected chi connectivity index (χ2v) is 8.11. The van der Waals surface area contributed by atoms with Crippen LogP contribution in [0.2, 0.25) is 0 Å². The quantitative estimate of drug-likeness (QED) is 0.810. The highest BCUT2D eigenvalue weighted by Gasteiger charge is 2.14. The molecule has 0 spiro atoms. The maximum absolute atomic E-state index is 12.3. The van der Waals surface area contributed by atoms with Crippen LogP contribution in [0, 0.1) is 0 Å². The Labute approximate surface area is 145 Å². The van der Waals surface area contributed by atoms with E-state index in [1.54, 1.807) is 11.3 Å². The van der Waals surface area contributed by atoms with Gasteiger partial charge in [0.1, 0.15) is 0 Å². The first-order chi connectivity index (χ1) is 11.3. The van der Waals surface area contributed by atoms with Crippen molar-refractivity contribution >= 4 is 39.2 Å². The van der Waals surface area contributed by atoms with Gasteiger partial charge < -0.3 is 10.1 Å². The zero-order valence-corrected chi connectivity index (χ0v) is 15.0. The fraction of sp³-hybridized carbons (Fsp3) is 0.529. The first-order valence-electron chi connectivity index (χ1n) is 8.13. The highest BCUT2D eigenvalue weighted by molar-refractivity contribution is 7.99. The number of hydrogen-bond donors (Lipinski definition) is 1. The minimum Gasteiger partial charge on any atom is -0.381 e. The number of aryl methyl sites for hydroxylation is 1. The molecule has 0 saturated carbocycles. The summed E-state index contributed by atoms with van der Waals surface area (Å²) >= 11 is 3.61. The number of ether oxygens (including phenoxy) is 1. The normalized spacial score (nSPS) is 15.9. The minimum atomic E-state index is 0.00549. The Bertz CT molecular complexity index is 666. The van der Waals surface area contributed by atoms with Crippen LogP contribution in [0.25, 0.3) is 10.2 Å². The van der Waals surface area contributed by atoms with Crippen molar-refractivity contribution in [1.82, 2.24) is 10.3 Å². The molecule has 1 amide bonds. The van der Waals surface area contributed by atoms with E-state index >= 15 is 0 Å². The second-order valence-electron chi connectivity index (χ2n) is 5.58. The lowest BCUT2D eigenvalue weighted by atomic mass is 10.2. The molecule has 1 fully saturated rings. The van der Waals surface area contributed by atoms with Gasteiger partial charge in [0.05, 0.1) is 15.2 Å². The SMILES string of the molecule is CCc1nc2ccc(C(=O)NCCSC3CCOCC3)cc2s1. The predicted molar refractivity (Wildman–Crippen MR) is 97.6 cm³/mol. The lowest BCUT2D eigenvalue weighted by molar-refractivity contribution is 0.0955. The Morgan fingerprint density at radius 2 is 2.26 bits per heavy atom. The van der Waals surface area contributed by atoms with Crippen molar-refractivity contribution in [3.05, 3.63) is 28.8 Å². The average Bonchev–Trinajstić information content (AvgIpc) is 3.01. The zero-order valence-electron chi connectivity index (χ0n) is 13.3. The van der Waals surface area contributed by atoms with E-state index < -0.39 is 0 Å². The van der Waals surface area contributed by atoms with Crippen molar-refractivity contribution < 1.29 is 9.53 Å². The Balaban J connectivity index is 1.49. The number of carbonyl (C=O) groups excluding carboxylic acids is 1. The van der Waals surface area contributed by atoms with E-state index in [9.17, 15) is 4.79 Å². The molecule has 0 bridgehead atoms. The largest absolute Gasteiger partial charge is 0.381 e. The Morgan fingerprint density at radius 1 is 1.43 bits per heavy atom. The van der Waals surface area contributed by atoms with E-state index in [1.807, 2.05) is 30.0 Å². The first-order valence-corrected chi connectivity index (χ1v) is 10.00. The smallest absolute Gasteiger partial charge is 0.251 e. The summed E-state index contributed by atoms with van der Waals surface area (Å²) in [5, 5.41) is 4.82. The highest BCUT2D eigenvalue weighted by atomic mass is 32.2. The predicted octanol–water partition coefficient (Wildman–Crippen LogP) is 3.50. The average molecular weight is 351 g/mol. The molecule has 1 saturated heterocycles. The van der Waals surface area contributed by atoms with E-state index in [0.29, 0.717) is 11.8 Å². The zero-order chi connectivity index (χ0) is 16.1. The topological polar surface area (TPSA) is 51.2 Å². The Hall–Kier alpha value is -1.11. The Morgan fingerprint density at radius 3 is 3.04 bits per heavy atom. The van der Waals surface area contributed by atoms with Crippen LogP contribution >= 0.6 is 23.1 Å². The van der Waals surface area contributed by atoms with Crippen LogP contribution in [0.5, 0.6) is 0 Å². The number of hydrogen-bond acceptors (Lipinski definition) is 5. The van der Waals surface area contributed by atoms with Gasteiger partial charge in [0.2, 0.25) is 0 Å². The summed E-state index contributed by atoms with van der Waals surface area (Å²) in [5.74, 6) is 0.963. The number of fused-ring (bicyclic) bond motifs is 1. The molecule has 6 heteroatoms. The fourth-order valence-electron chi connectivity index (χ4n) is 2.60. The molecule has 0 aliphatic carbocycles. The van der Waals surface area contributed by atoms with Crippen molar-refractivity contribution in [3.63, 3.8) is 0 Å². The molecule has 1 N–H and O–H groups in total. The second kappa shape index (κ2) is 8.13. The fourth-order valence-corrected chi connectivity index (χ4v) is 4.62. The van der Waals surface area contributed by atoms with Gasteiger partial charge in [-0.3, -0.25) is 4.79 Å². The standard InChI is InChI=1S/C17H22N2O2S2/c1-2-16-19-14-4-3-12(11-15(14)23-16)17(20)18-7-10-22-13-5-8-21-9-6-13/h3-4,11,13H,2,5-10H2,1H3,(H,18,20). The number of nitrogens with zero attached hydrogens (tertiary/aromatic N) is 1. The molecule has 3 rings (SSSR count). The van der Waals surface area contributed by atoms with Crippen molar-refractivity contribution in [2.24, 2.45) is 0 Å².